The molecule has 6 heteroatoms. The molecule has 1 aliphatic heterocycles. The highest BCUT2D eigenvalue weighted by atomic mass is 19.4. The minimum atomic E-state index is -4.43. The monoisotopic (exact) mass is 419 g/mol. The van der Waals surface area contributed by atoms with Crippen LogP contribution < -0.4 is 5.73 Å². The minimum absolute atomic E-state index is 0.441. The average molecular weight is 419 g/mol. The number of amides is 1. The lowest BCUT2D eigenvalue weighted by atomic mass is 9.95. The van der Waals surface area contributed by atoms with Gasteiger partial charge in [-0.25, -0.2) is 0 Å². The molecule has 30 heavy (non-hydrogen) atoms. The van der Waals surface area contributed by atoms with E-state index in [0.29, 0.717) is 12.0 Å². The fraction of sp³-hybridized carbons (Fsp3) is 0.458. The van der Waals surface area contributed by atoms with Crippen molar-refractivity contribution in [1.82, 2.24) is 0 Å². The van der Waals surface area contributed by atoms with Crippen molar-refractivity contribution in [3.8, 4) is 0 Å². The first-order chi connectivity index (χ1) is 14.4. The quantitative estimate of drug-likeness (QED) is 0.372. The van der Waals surface area contributed by atoms with Gasteiger partial charge in [0.25, 0.3) is 0 Å². The maximum absolute atomic E-state index is 13.1. The molecule has 3 nitrogen and oxygen atoms in total. The number of epoxide rings is 1. The van der Waals surface area contributed by atoms with E-state index in [4.69, 9.17) is 10.5 Å². The number of ether oxygens (including phenoxy) is 1. The van der Waals surface area contributed by atoms with Crippen LogP contribution in [0.25, 0.3) is 0 Å². The van der Waals surface area contributed by atoms with Crippen LogP contribution in [-0.4, -0.2) is 12.0 Å². The van der Waals surface area contributed by atoms with Crippen molar-refractivity contribution in [2.45, 2.75) is 69.8 Å². The summed E-state index contributed by atoms with van der Waals surface area (Å²) in [7, 11) is 0. The third kappa shape index (κ3) is 6.33. The molecule has 162 valence electrons. The van der Waals surface area contributed by atoms with E-state index in [1.165, 1.54) is 24.5 Å². The van der Waals surface area contributed by atoms with Crippen LogP contribution in [0.15, 0.2) is 48.5 Å². The maximum atomic E-state index is 13.1. The number of hydrogen-bond donors (Lipinski definition) is 1. The van der Waals surface area contributed by atoms with Crippen LogP contribution in [0.2, 0.25) is 0 Å². The van der Waals surface area contributed by atoms with Gasteiger partial charge in [-0.1, -0.05) is 62.1 Å². The Hall–Kier alpha value is -2.34. The van der Waals surface area contributed by atoms with Gasteiger partial charge in [-0.15, -0.1) is 0 Å². The van der Waals surface area contributed by atoms with Gasteiger partial charge in [-0.2, -0.15) is 13.2 Å². The first kappa shape index (κ1) is 22.3. The zero-order valence-corrected chi connectivity index (χ0v) is 17.0. The number of benzene rings is 2. The van der Waals surface area contributed by atoms with Crippen LogP contribution in [0.5, 0.6) is 0 Å². The Morgan fingerprint density at radius 2 is 1.53 bits per heavy atom. The largest absolute Gasteiger partial charge is 0.416 e. The molecular formula is C24H28F3NO2. The highest BCUT2D eigenvalue weighted by molar-refractivity contribution is 5.82. The van der Waals surface area contributed by atoms with Crippen molar-refractivity contribution < 1.29 is 22.7 Å². The molecule has 1 aliphatic rings. The van der Waals surface area contributed by atoms with Crippen LogP contribution >= 0.6 is 0 Å². The smallest absolute Gasteiger partial charge is 0.367 e. The molecule has 0 bridgehead atoms. The second-order valence-corrected chi connectivity index (χ2v) is 7.90. The predicted molar refractivity (Wildman–Crippen MR) is 110 cm³/mol. The number of unbranched alkanes of at least 4 members (excludes halogenated alkanes) is 5. The second-order valence-electron chi connectivity index (χ2n) is 7.90. The average Bonchev–Trinajstić information content (AvgIpc) is 3.51. The minimum Gasteiger partial charge on any atom is -0.367 e. The Morgan fingerprint density at radius 1 is 0.900 bits per heavy atom. The standard InChI is InChI=1S/C24H28F3NO2/c25-24(26,27)19-15-14-18(20(16-19)21-22(30-21)23(28)29)13-9-4-2-1-3-6-10-17-11-7-5-8-12-17/h5,7-8,11-12,14-16,21-22H,1-4,6,9-10,13H2,(H2,28,29). The van der Waals surface area contributed by atoms with E-state index >= 15 is 0 Å². The zero-order valence-electron chi connectivity index (χ0n) is 17.0. The summed E-state index contributed by atoms with van der Waals surface area (Å²) in [5.74, 6) is -0.640. The third-order valence-corrected chi connectivity index (χ3v) is 5.56. The number of halogens is 3. The van der Waals surface area contributed by atoms with Gasteiger partial charge in [-0.3, -0.25) is 4.79 Å². The Morgan fingerprint density at radius 3 is 2.13 bits per heavy atom. The Labute approximate surface area is 175 Å². The van der Waals surface area contributed by atoms with Gasteiger partial charge >= 0.3 is 6.18 Å². The second kappa shape index (κ2) is 10.1. The molecule has 0 aliphatic carbocycles. The molecule has 2 atom stereocenters. The predicted octanol–water partition coefficient (Wildman–Crippen LogP) is 5.76. The van der Waals surface area contributed by atoms with Gasteiger partial charge < -0.3 is 10.5 Å². The van der Waals surface area contributed by atoms with Gasteiger partial charge in [0.2, 0.25) is 5.91 Å². The van der Waals surface area contributed by atoms with Crippen molar-refractivity contribution in [3.63, 3.8) is 0 Å². The van der Waals surface area contributed by atoms with E-state index < -0.39 is 29.9 Å². The summed E-state index contributed by atoms with van der Waals surface area (Å²) in [5, 5.41) is 0. The number of nitrogens with two attached hydrogens (primary N) is 1. The highest BCUT2D eigenvalue weighted by Crippen LogP contribution is 2.42. The van der Waals surface area contributed by atoms with E-state index in [1.54, 1.807) is 0 Å². The van der Waals surface area contributed by atoms with Gasteiger partial charge in [0.05, 0.1) is 5.56 Å². The summed E-state index contributed by atoms with van der Waals surface area (Å²) in [6.45, 7) is 0. The number of carbonyl (C=O) groups excluding carboxylic acids is 1. The Kier molecular flexibility index (Phi) is 7.53. The molecule has 1 fully saturated rings. The van der Waals surface area contributed by atoms with Crippen molar-refractivity contribution >= 4 is 5.91 Å². The molecule has 1 saturated heterocycles. The van der Waals surface area contributed by atoms with Gasteiger partial charge in [0.15, 0.2) is 6.10 Å². The van der Waals surface area contributed by atoms with Gasteiger partial charge in [-0.05, 0) is 54.5 Å². The topological polar surface area (TPSA) is 55.6 Å². The first-order valence-corrected chi connectivity index (χ1v) is 10.5. The van der Waals surface area contributed by atoms with Gasteiger partial charge in [0, 0.05) is 0 Å². The molecule has 0 spiro atoms. The molecule has 2 unspecified atom stereocenters. The first-order valence-electron chi connectivity index (χ1n) is 10.5. The van der Waals surface area contributed by atoms with E-state index in [9.17, 15) is 18.0 Å². The van der Waals surface area contributed by atoms with Crippen LogP contribution in [0.3, 0.4) is 0 Å². The van der Waals surface area contributed by atoms with Crippen molar-refractivity contribution in [2.24, 2.45) is 5.73 Å². The Balaban J connectivity index is 1.44. The lowest BCUT2D eigenvalue weighted by Gasteiger charge is -2.12. The molecule has 2 aromatic carbocycles. The SMILES string of the molecule is NC(=O)C1OC1c1cc(C(F)(F)F)ccc1CCCCCCCCc1ccccc1. The number of hydrogen-bond acceptors (Lipinski definition) is 2. The molecule has 2 N–H and O–H groups in total. The molecule has 1 heterocycles. The lowest BCUT2D eigenvalue weighted by Crippen LogP contribution is -2.18. The van der Waals surface area contributed by atoms with Crippen molar-refractivity contribution in [2.75, 3.05) is 0 Å². The van der Waals surface area contributed by atoms with Crippen LogP contribution in [0.1, 0.15) is 66.9 Å². The normalized spacial score (nSPS) is 18.4. The fourth-order valence-corrected chi connectivity index (χ4v) is 3.83. The van der Waals surface area contributed by atoms with Crippen LogP contribution in [-0.2, 0) is 28.5 Å². The number of carbonyl (C=O) groups is 1. The summed E-state index contributed by atoms with van der Waals surface area (Å²) < 4.78 is 44.4. The third-order valence-electron chi connectivity index (χ3n) is 5.56. The summed E-state index contributed by atoms with van der Waals surface area (Å²) in [5.41, 5.74) is 7.12. The van der Waals surface area contributed by atoms with Crippen molar-refractivity contribution in [3.05, 3.63) is 70.8 Å². The Bertz CT molecular complexity index is 836. The number of alkyl halides is 3. The van der Waals surface area contributed by atoms with Crippen LogP contribution in [0, 0.1) is 0 Å². The summed E-state index contributed by atoms with van der Waals surface area (Å²) in [4.78, 5) is 11.3. The highest BCUT2D eigenvalue weighted by Gasteiger charge is 2.46. The molecular weight excluding hydrogens is 391 g/mol. The molecule has 3 rings (SSSR count). The summed E-state index contributed by atoms with van der Waals surface area (Å²) in [6, 6.07) is 14.2. The number of rotatable bonds is 11. The summed E-state index contributed by atoms with van der Waals surface area (Å²) >= 11 is 0. The zero-order chi connectivity index (χ0) is 21.6. The molecule has 0 radical (unpaired) electrons. The van der Waals surface area contributed by atoms with E-state index in [0.717, 1.165) is 49.8 Å². The van der Waals surface area contributed by atoms with Gasteiger partial charge in [0.1, 0.15) is 6.10 Å². The van der Waals surface area contributed by atoms with E-state index in [-0.39, 0.29) is 0 Å². The van der Waals surface area contributed by atoms with E-state index in [2.05, 4.69) is 24.3 Å². The summed E-state index contributed by atoms with van der Waals surface area (Å²) in [6.07, 6.45) is 2.38. The molecule has 1 amide bonds. The van der Waals surface area contributed by atoms with Crippen molar-refractivity contribution in [1.29, 1.82) is 0 Å². The fourth-order valence-electron chi connectivity index (χ4n) is 3.83. The number of primary amides is 1. The molecule has 2 aromatic rings. The maximum Gasteiger partial charge on any atom is 0.416 e. The molecule has 0 aromatic heterocycles. The number of aryl methyl sites for hydroxylation is 2. The van der Waals surface area contributed by atoms with Crippen LogP contribution in [0.4, 0.5) is 13.2 Å². The molecule has 0 saturated carbocycles. The van der Waals surface area contributed by atoms with E-state index in [1.807, 2.05) is 6.07 Å². The lowest BCUT2D eigenvalue weighted by molar-refractivity contribution is -0.137.